The number of hydrogen-bond acceptors (Lipinski definition) is 3. The van der Waals surface area contributed by atoms with Crippen molar-refractivity contribution < 1.29 is 14.3 Å². The zero-order valence-corrected chi connectivity index (χ0v) is 15.2. The van der Waals surface area contributed by atoms with Crippen LogP contribution in [0.5, 0.6) is 5.75 Å². The Balaban J connectivity index is 2.66. The summed E-state index contributed by atoms with van der Waals surface area (Å²) in [5.74, 6) is 0.305. The van der Waals surface area contributed by atoms with E-state index in [4.69, 9.17) is 16.3 Å². The highest BCUT2D eigenvalue weighted by atomic mass is 35.5. The van der Waals surface area contributed by atoms with Gasteiger partial charge in [-0.1, -0.05) is 11.6 Å². The molecule has 0 heterocycles. The van der Waals surface area contributed by atoms with Gasteiger partial charge in [0.1, 0.15) is 5.75 Å². The summed E-state index contributed by atoms with van der Waals surface area (Å²) in [6.07, 6.45) is -0.677. The molecule has 128 valence electrons. The van der Waals surface area contributed by atoms with Gasteiger partial charge < -0.3 is 14.5 Å². The fraction of sp³-hybridized carbons (Fsp3) is 0.529. The summed E-state index contributed by atoms with van der Waals surface area (Å²) in [7, 11) is 1.61. The van der Waals surface area contributed by atoms with Gasteiger partial charge in [-0.15, -0.1) is 0 Å². The second kappa shape index (κ2) is 8.77. The molecule has 1 aromatic carbocycles. The van der Waals surface area contributed by atoms with Crippen molar-refractivity contribution >= 4 is 23.4 Å². The SMILES string of the molecule is CCN(CC)C(=O)CN(C)C(=O)C(C)Oc1ccc(Cl)cc1C. The predicted molar refractivity (Wildman–Crippen MR) is 91.8 cm³/mol. The summed E-state index contributed by atoms with van der Waals surface area (Å²) in [5, 5.41) is 0.621. The Morgan fingerprint density at radius 1 is 1.26 bits per heavy atom. The fourth-order valence-corrected chi connectivity index (χ4v) is 2.48. The maximum absolute atomic E-state index is 12.4. The van der Waals surface area contributed by atoms with E-state index in [1.807, 2.05) is 20.8 Å². The smallest absolute Gasteiger partial charge is 0.263 e. The third-order valence-electron chi connectivity index (χ3n) is 3.65. The van der Waals surface area contributed by atoms with Crippen LogP contribution in [-0.2, 0) is 9.59 Å². The average Bonchev–Trinajstić information content (AvgIpc) is 2.50. The van der Waals surface area contributed by atoms with E-state index in [2.05, 4.69) is 0 Å². The number of nitrogens with zero attached hydrogens (tertiary/aromatic N) is 2. The number of carbonyl (C=O) groups is 2. The van der Waals surface area contributed by atoms with Gasteiger partial charge in [-0.25, -0.2) is 0 Å². The van der Waals surface area contributed by atoms with Crippen molar-refractivity contribution in [3.05, 3.63) is 28.8 Å². The van der Waals surface area contributed by atoms with E-state index in [0.717, 1.165) is 5.56 Å². The number of amides is 2. The molecule has 0 bridgehead atoms. The number of halogens is 1. The zero-order valence-electron chi connectivity index (χ0n) is 14.4. The molecular weight excluding hydrogens is 316 g/mol. The Morgan fingerprint density at radius 3 is 2.39 bits per heavy atom. The average molecular weight is 341 g/mol. The number of benzene rings is 1. The maximum Gasteiger partial charge on any atom is 0.263 e. The van der Waals surface area contributed by atoms with Gasteiger partial charge in [-0.2, -0.15) is 0 Å². The van der Waals surface area contributed by atoms with E-state index in [1.54, 1.807) is 37.1 Å². The minimum atomic E-state index is -0.677. The first-order chi connectivity index (χ1) is 10.8. The zero-order chi connectivity index (χ0) is 17.6. The number of hydrogen-bond donors (Lipinski definition) is 0. The monoisotopic (exact) mass is 340 g/mol. The van der Waals surface area contributed by atoms with Crippen molar-refractivity contribution in [1.29, 1.82) is 0 Å². The van der Waals surface area contributed by atoms with Crippen LogP contribution in [-0.4, -0.2) is 54.4 Å². The second-order valence-electron chi connectivity index (χ2n) is 5.43. The largest absolute Gasteiger partial charge is 0.481 e. The van der Waals surface area contributed by atoms with Crippen LogP contribution in [0, 0.1) is 6.92 Å². The van der Waals surface area contributed by atoms with Crippen LogP contribution in [0.25, 0.3) is 0 Å². The van der Waals surface area contributed by atoms with Gasteiger partial charge in [0, 0.05) is 25.2 Å². The molecule has 0 saturated heterocycles. The number of likely N-dealkylation sites (N-methyl/N-ethyl adjacent to an activating group) is 2. The Kier molecular flexibility index (Phi) is 7.36. The maximum atomic E-state index is 12.4. The molecule has 6 heteroatoms. The van der Waals surface area contributed by atoms with E-state index < -0.39 is 6.10 Å². The molecule has 1 unspecified atom stereocenters. The predicted octanol–water partition coefficient (Wildman–Crippen LogP) is 2.74. The molecule has 0 aliphatic carbocycles. The van der Waals surface area contributed by atoms with Crippen LogP contribution in [0.3, 0.4) is 0 Å². The van der Waals surface area contributed by atoms with Gasteiger partial charge in [-0.05, 0) is 51.5 Å². The molecule has 0 radical (unpaired) electrons. The molecular formula is C17H25ClN2O3. The molecule has 0 aromatic heterocycles. The number of aryl methyl sites for hydroxylation is 1. The minimum absolute atomic E-state index is 0.0494. The first-order valence-corrected chi connectivity index (χ1v) is 8.13. The summed E-state index contributed by atoms with van der Waals surface area (Å²) in [6, 6.07) is 5.24. The van der Waals surface area contributed by atoms with E-state index in [0.29, 0.717) is 23.9 Å². The van der Waals surface area contributed by atoms with Crippen LogP contribution in [0.2, 0.25) is 5.02 Å². The standard InChI is InChI=1S/C17H25ClN2O3/c1-6-20(7-2)16(21)11-19(5)17(22)13(4)23-15-9-8-14(18)10-12(15)3/h8-10,13H,6-7,11H2,1-5H3. The quantitative estimate of drug-likeness (QED) is 0.767. The van der Waals surface area contributed by atoms with E-state index >= 15 is 0 Å². The molecule has 0 fully saturated rings. The molecule has 1 rings (SSSR count). The van der Waals surface area contributed by atoms with Crippen molar-refractivity contribution in [3.8, 4) is 5.75 Å². The first-order valence-electron chi connectivity index (χ1n) is 7.75. The molecule has 0 N–H and O–H groups in total. The highest BCUT2D eigenvalue weighted by Gasteiger charge is 2.23. The van der Waals surface area contributed by atoms with Gasteiger partial charge in [0.25, 0.3) is 5.91 Å². The third kappa shape index (κ3) is 5.43. The third-order valence-corrected chi connectivity index (χ3v) is 3.89. The highest BCUT2D eigenvalue weighted by molar-refractivity contribution is 6.30. The topological polar surface area (TPSA) is 49.9 Å². The lowest BCUT2D eigenvalue weighted by atomic mass is 10.2. The van der Waals surface area contributed by atoms with Crippen LogP contribution >= 0.6 is 11.6 Å². The van der Waals surface area contributed by atoms with Crippen LogP contribution < -0.4 is 4.74 Å². The minimum Gasteiger partial charge on any atom is -0.481 e. The van der Waals surface area contributed by atoms with Gasteiger partial charge in [0.2, 0.25) is 5.91 Å². The highest BCUT2D eigenvalue weighted by Crippen LogP contribution is 2.23. The van der Waals surface area contributed by atoms with Crippen molar-refractivity contribution in [3.63, 3.8) is 0 Å². The molecule has 0 aliphatic rings. The normalized spacial score (nSPS) is 11.7. The van der Waals surface area contributed by atoms with Crippen LogP contribution in [0.4, 0.5) is 0 Å². The Labute approximate surface area is 143 Å². The van der Waals surface area contributed by atoms with Crippen molar-refractivity contribution in [2.75, 3.05) is 26.7 Å². The molecule has 1 aromatic rings. The summed E-state index contributed by atoms with van der Waals surface area (Å²) in [6.45, 7) is 8.69. The number of ether oxygens (including phenoxy) is 1. The first kappa shape index (κ1) is 19.3. The molecule has 0 saturated carbocycles. The van der Waals surface area contributed by atoms with E-state index in [1.165, 1.54) is 4.90 Å². The van der Waals surface area contributed by atoms with E-state index in [9.17, 15) is 9.59 Å². The molecule has 0 spiro atoms. The fourth-order valence-electron chi connectivity index (χ4n) is 2.25. The molecule has 5 nitrogen and oxygen atoms in total. The van der Waals surface area contributed by atoms with Gasteiger partial charge in [0.05, 0.1) is 6.54 Å². The second-order valence-corrected chi connectivity index (χ2v) is 5.87. The van der Waals surface area contributed by atoms with Crippen LogP contribution in [0.15, 0.2) is 18.2 Å². The molecule has 2 amide bonds. The van der Waals surface area contributed by atoms with Gasteiger partial charge in [-0.3, -0.25) is 9.59 Å². The summed E-state index contributed by atoms with van der Waals surface area (Å²) >= 11 is 5.91. The summed E-state index contributed by atoms with van der Waals surface area (Å²) in [5.41, 5.74) is 0.860. The molecule has 1 atom stereocenters. The summed E-state index contributed by atoms with van der Waals surface area (Å²) < 4.78 is 5.70. The number of rotatable bonds is 7. The van der Waals surface area contributed by atoms with Gasteiger partial charge in [0.15, 0.2) is 6.10 Å². The molecule has 23 heavy (non-hydrogen) atoms. The Bertz CT molecular complexity index is 559. The van der Waals surface area contributed by atoms with E-state index in [-0.39, 0.29) is 18.4 Å². The lowest BCUT2D eigenvalue weighted by Crippen LogP contribution is -2.45. The number of carbonyl (C=O) groups excluding carboxylic acids is 2. The molecule has 0 aliphatic heterocycles. The Hall–Kier alpha value is -1.75. The summed E-state index contributed by atoms with van der Waals surface area (Å²) in [4.78, 5) is 27.5. The lowest BCUT2D eigenvalue weighted by Gasteiger charge is -2.25. The Morgan fingerprint density at radius 2 is 1.87 bits per heavy atom. The lowest BCUT2D eigenvalue weighted by molar-refractivity contribution is -0.143. The van der Waals surface area contributed by atoms with Crippen molar-refractivity contribution in [1.82, 2.24) is 9.80 Å². The van der Waals surface area contributed by atoms with Crippen molar-refractivity contribution in [2.24, 2.45) is 0 Å². The van der Waals surface area contributed by atoms with Gasteiger partial charge >= 0.3 is 0 Å². The van der Waals surface area contributed by atoms with Crippen molar-refractivity contribution in [2.45, 2.75) is 33.8 Å². The van der Waals surface area contributed by atoms with Crippen LogP contribution in [0.1, 0.15) is 26.3 Å².